The Morgan fingerprint density at radius 3 is 2.55 bits per heavy atom. The molecule has 0 aromatic carbocycles. The number of likely N-dealkylation sites (tertiary alicyclic amines) is 1. The normalized spacial score (nSPS) is 20.9. The molecule has 3 aromatic heterocycles. The average Bonchev–Trinajstić information content (AvgIpc) is 3.43. The largest absolute Gasteiger partial charge is 0.351 e. The number of piperidine rings is 1. The molecule has 172 valence electrons. The molecule has 3 aromatic rings. The maximum atomic E-state index is 9.53. The summed E-state index contributed by atoms with van der Waals surface area (Å²) in [5.74, 6) is 1.69. The molecule has 2 atom stereocenters. The van der Waals surface area contributed by atoms with Crippen molar-refractivity contribution in [3.8, 4) is 12.1 Å². The number of hydrogen-bond acceptors (Lipinski definition) is 8. The van der Waals surface area contributed by atoms with Crippen LogP contribution in [0.2, 0.25) is 0 Å². The molecule has 1 saturated heterocycles. The zero-order valence-corrected chi connectivity index (χ0v) is 19.3. The number of anilines is 3. The van der Waals surface area contributed by atoms with Gasteiger partial charge in [-0.2, -0.15) is 25.6 Å². The van der Waals surface area contributed by atoms with E-state index >= 15 is 0 Å². The lowest BCUT2D eigenvalue weighted by molar-refractivity contribution is 0.0734. The van der Waals surface area contributed by atoms with Gasteiger partial charge in [-0.15, -0.1) is 0 Å². The molecular formula is C23H30N10. The summed E-state index contributed by atoms with van der Waals surface area (Å²) in [6, 6.07) is 7.43. The van der Waals surface area contributed by atoms with Crippen molar-refractivity contribution in [2.45, 2.75) is 71.0 Å². The molecule has 33 heavy (non-hydrogen) atoms. The Morgan fingerprint density at radius 2 is 1.94 bits per heavy atom. The minimum atomic E-state index is 0.224. The van der Waals surface area contributed by atoms with Gasteiger partial charge in [0.05, 0.1) is 17.0 Å². The van der Waals surface area contributed by atoms with Gasteiger partial charge in [-0.1, -0.05) is 13.8 Å². The number of hydrogen-bond donors (Lipinski definition) is 4. The molecule has 0 saturated carbocycles. The lowest BCUT2D eigenvalue weighted by Crippen LogP contribution is -2.52. The van der Waals surface area contributed by atoms with E-state index in [-0.39, 0.29) is 6.04 Å². The third-order valence-corrected chi connectivity index (χ3v) is 6.41. The van der Waals surface area contributed by atoms with Gasteiger partial charge < -0.3 is 15.6 Å². The first-order valence-electron chi connectivity index (χ1n) is 11.5. The summed E-state index contributed by atoms with van der Waals surface area (Å²) in [7, 11) is 0. The fraction of sp³-hybridized carbons (Fsp3) is 0.522. The van der Waals surface area contributed by atoms with Crippen LogP contribution in [0.5, 0.6) is 0 Å². The maximum Gasteiger partial charge on any atom is 0.226 e. The SMILES string of the molecule is CCC1CC(Nc2nc(Nc3cc(C)[nH]n3)c3c(C#N)c[nH]c3n2)CC(CC)N1CCC#N. The van der Waals surface area contributed by atoms with Crippen LogP contribution in [0.4, 0.5) is 17.6 Å². The molecule has 4 heterocycles. The van der Waals surface area contributed by atoms with E-state index in [0.29, 0.717) is 52.7 Å². The molecule has 0 bridgehead atoms. The topological polar surface area (TPSA) is 145 Å². The van der Waals surface area contributed by atoms with Crippen molar-refractivity contribution in [2.24, 2.45) is 0 Å². The number of H-pyrrole nitrogens is 2. The Morgan fingerprint density at radius 1 is 1.18 bits per heavy atom. The van der Waals surface area contributed by atoms with E-state index in [4.69, 9.17) is 10.2 Å². The third-order valence-electron chi connectivity index (χ3n) is 6.41. The van der Waals surface area contributed by atoms with Gasteiger partial charge in [-0.05, 0) is 32.6 Å². The highest BCUT2D eigenvalue weighted by Crippen LogP contribution is 2.31. The first-order valence-corrected chi connectivity index (χ1v) is 11.5. The molecular weight excluding hydrogens is 416 g/mol. The van der Waals surface area contributed by atoms with Gasteiger partial charge in [-0.3, -0.25) is 10.00 Å². The van der Waals surface area contributed by atoms with Crippen LogP contribution in [0, 0.1) is 29.6 Å². The van der Waals surface area contributed by atoms with Crippen LogP contribution in [-0.4, -0.2) is 54.7 Å². The van der Waals surface area contributed by atoms with Gasteiger partial charge in [0, 0.05) is 49.0 Å². The molecule has 1 aliphatic rings. The number of nitrogens with zero attached hydrogens (tertiary/aromatic N) is 6. The maximum absolute atomic E-state index is 9.53. The number of aryl methyl sites for hydroxylation is 1. The quantitative estimate of drug-likeness (QED) is 0.407. The van der Waals surface area contributed by atoms with E-state index in [2.05, 4.69) is 61.7 Å². The van der Waals surface area contributed by atoms with Crippen molar-refractivity contribution in [3.05, 3.63) is 23.5 Å². The number of aromatic nitrogens is 5. The molecule has 0 radical (unpaired) electrons. The number of rotatable bonds is 8. The van der Waals surface area contributed by atoms with Crippen LogP contribution in [0.3, 0.4) is 0 Å². The molecule has 0 aliphatic carbocycles. The lowest BCUT2D eigenvalue weighted by atomic mass is 9.88. The number of nitrogens with one attached hydrogen (secondary N) is 4. The highest BCUT2D eigenvalue weighted by atomic mass is 15.2. The summed E-state index contributed by atoms with van der Waals surface area (Å²) in [6.07, 6.45) is 6.21. The minimum Gasteiger partial charge on any atom is -0.351 e. The molecule has 10 heteroatoms. The Hall–Kier alpha value is -3.63. The standard InChI is InChI=1S/C23H30N10/c1-4-17-10-16(11-18(5-2)33(17)8-6-7-24)27-23-29-21-20(15(12-25)13-26-21)22(30-23)28-19-9-14(3)31-32-19/h9,13,16-18H,4-6,8,10-11H2,1-3H3,(H4,26,27,28,29,30,31,32). The van der Waals surface area contributed by atoms with Gasteiger partial charge in [0.1, 0.15) is 17.5 Å². The second-order valence-corrected chi connectivity index (χ2v) is 8.58. The van der Waals surface area contributed by atoms with E-state index in [9.17, 15) is 5.26 Å². The highest BCUT2D eigenvalue weighted by molar-refractivity contribution is 5.94. The van der Waals surface area contributed by atoms with Crippen LogP contribution in [0.25, 0.3) is 11.0 Å². The van der Waals surface area contributed by atoms with Gasteiger partial charge in [0.2, 0.25) is 5.95 Å². The zero-order valence-electron chi connectivity index (χ0n) is 19.3. The van der Waals surface area contributed by atoms with Crippen molar-refractivity contribution in [2.75, 3.05) is 17.2 Å². The lowest BCUT2D eigenvalue weighted by Gasteiger charge is -2.45. The molecule has 0 amide bonds. The Labute approximate surface area is 193 Å². The molecule has 4 N–H and O–H groups in total. The Bertz CT molecular complexity index is 1170. The first kappa shape index (κ1) is 22.6. The van der Waals surface area contributed by atoms with E-state index in [0.717, 1.165) is 37.9 Å². The van der Waals surface area contributed by atoms with E-state index in [1.807, 2.05) is 13.0 Å². The van der Waals surface area contributed by atoms with Gasteiger partial charge >= 0.3 is 0 Å². The van der Waals surface area contributed by atoms with Crippen LogP contribution >= 0.6 is 0 Å². The fourth-order valence-corrected chi connectivity index (χ4v) is 4.85. The second-order valence-electron chi connectivity index (χ2n) is 8.58. The summed E-state index contributed by atoms with van der Waals surface area (Å²) in [5.41, 5.74) is 2.01. The van der Waals surface area contributed by atoms with Gasteiger partial charge in [0.15, 0.2) is 5.82 Å². The van der Waals surface area contributed by atoms with Crippen molar-refractivity contribution in [1.29, 1.82) is 10.5 Å². The predicted molar refractivity (Wildman–Crippen MR) is 127 cm³/mol. The highest BCUT2D eigenvalue weighted by Gasteiger charge is 2.34. The van der Waals surface area contributed by atoms with Crippen LogP contribution in [-0.2, 0) is 0 Å². The summed E-state index contributed by atoms with van der Waals surface area (Å²) in [4.78, 5) is 15.0. The minimum absolute atomic E-state index is 0.224. The summed E-state index contributed by atoms with van der Waals surface area (Å²) in [5, 5.41) is 33.2. The predicted octanol–water partition coefficient (Wildman–Crippen LogP) is 3.95. The second kappa shape index (κ2) is 9.88. The van der Waals surface area contributed by atoms with Crippen molar-refractivity contribution in [3.63, 3.8) is 0 Å². The molecule has 1 aliphatic heterocycles. The summed E-state index contributed by atoms with van der Waals surface area (Å²) in [6.45, 7) is 7.16. The molecule has 10 nitrogen and oxygen atoms in total. The molecule has 2 unspecified atom stereocenters. The number of aromatic amines is 2. The average molecular weight is 447 g/mol. The van der Waals surface area contributed by atoms with E-state index in [1.165, 1.54) is 0 Å². The fourth-order valence-electron chi connectivity index (χ4n) is 4.85. The van der Waals surface area contributed by atoms with Gasteiger partial charge in [-0.25, -0.2) is 0 Å². The summed E-state index contributed by atoms with van der Waals surface area (Å²) >= 11 is 0. The van der Waals surface area contributed by atoms with Crippen LogP contribution in [0.1, 0.15) is 57.2 Å². The van der Waals surface area contributed by atoms with E-state index < -0.39 is 0 Å². The van der Waals surface area contributed by atoms with E-state index in [1.54, 1.807) is 6.20 Å². The molecule has 4 rings (SSSR count). The van der Waals surface area contributed by atoms with Crippen molar-refractivity contribution >= 4 is 28.6 Å². The number of nitriles is 2. The van der Waals surface area contributed by atoms with Crippen LogP contribution < -0.4 is 10.6 Å². The third kappa shape index (κ3) is 4.76. The smallest absolute Gasteiger partial charge is 0.226 e. The number of fused-ring (bicyclic) bond motifs is 1. The van der Waals surface area contributed by atoms with Crippen LogP contribution in [0.15, 0.2) is 12.3 Å². The molecule has 1 fully saturated rings. The first-order chi connectivity index (χ1) is 16.1. The van der Waals surface area contributed by atoms with Crippen molar-refractivity contribution < 1.29 is 0 Å². The Balaban J connectivity index is 1.61. The van der Waals surface area contributed by atoms with Crippen molar-refractivity contribution in [1.82, 2.24) is 30.0 Å². The summed E-state index contributed by atoms with van der Waals surface area (Å²) < 4.78 is 0. The molecule has 0 spiro atoms. The monoisotopic (exact) mass is 446 g/mol. The zero-order chi connectivity index (χ0) is 23.4. The van der Waals surface area contributed by atoms with Gasteiger partial charge in [0.25, 0.3) is 0 Å². The Kier molecular flexibility index (Phi) is 6.76.